The zero-order chi connectivity index (χ0) is 14.8. The summed E-state index contributed by atoms with van der Waals surface area (Å²) in [7, 11) is -1.74. The summed E-state index contributed by atoms with van der Waals surface area (Å²) in [5, 5.41) is 4.07. The van der Waals surface area contributed by atoms with Gasteiger partial charge in [-0.15, -0.1) is 0 Å². The Labute approximate surface area is 117 Å². The van der Waals surface area contributed by atoms with Crippen molar-refractivity contribution in [2.45, 2.75) is 18.4 Å². The minimum Gasteiger partial charge on any atom is -0.324 e. The first-order valence-electron chi connectivity index (χ1n) is 5.98. The van der Waals surface area contributed by atoms with E-state index in [2.05, 4.69) is 15.2 Å². The average molecular weight is 295 g/mol. The van der Waals surface area contributed by atoms with Crippen LogP contribution in [-0.4, -0.2) is 18.2 Å². The largest absolute Gasteiger partial charge is 0.324 e. The van der Waals surface area contributed by atoms with Crippen LogP contribution in [0.2, 0.25) is 0 Å². The van der Waals surface area contributed by atoms with Crippen molar-refractivity contribution in [1.29, 1.82) is 0 Å². The van der Waals surface area contributed by atoms with Crippen molar-refractivity contribution in [3.63, 3.8) is 0 Å². The molecule has 0 amide bonds. The van der Waals surface area contributed by atoms with Gasteiger partial charge in [0, 0.05) is 30.5 Å². The minimum atomic E-state index is -3.55. The fourth-order valence-electron chi connectivity index (χ4n) is 1.70. The molecule has 1 heterocycles. The number of rotatable bonds is 5. The van der Waals surface area contributed by atoms with Gasteiger partial charge < -0.3 is 5.43 Å². The van der Waals surface area contributed by atoms with Gasteiger partial charge in [-0.2, -0.15) is 5.10 Å². The van der Waals surface area contributed by atoms with Crippen LogP contribution in [0.4, 0.5) is 5.69 Å². The standard InChI is InChI=1S/C12H17N5O2S/c1-9-10(7-14-17(9)2)8-15-20(18,19)12-5-3-11(16-13)4-6-12/h3-7,15-16H,8,13H2,1-2H3. The van der Waals surface area contributed by atoms with E-state index in [0.717, 1.165) is 11.3 Å². The van der Waals surface area contributed by atoms with Crippen molar-refractivity contribution in [2.75, 3.05) is 5.43 Å². The van der Waals surface area contributed by atoms with E-state index in [9.17, 15) is 8.42 Å². The lowest BCUT2D eigenvalue weighted by Gasteiger charge is -2.07. The Morgan fingerprint density at radius 2 is 1.95 bits per heavy atom. The van der Waals surface area contributed by atoms with Crippen LogP contribution in [0.5, 0.6) is 0 Å². The second-order valence-corrected chi connectivity index (χ2v) is 6.14. The van der Waals surface area contributed by atoms with Crippen molar-refractivity contribution >= 4 is 15.7 Å². The Balaban J connectivity index is 2.12. The highest BCUT2D eigenvalue weighted by atomic mass is 32.2. The van der Waals surface area contributed by atoms with Gasteiger partial charge in [-0.3, -0.25) is 10.5 Å². The second kappa shape index (κ2) is 5.61. The molecule has 0 aliphatic rings. The normalized spacial score (nSPS) is 11.6. The molecule has 4 N–H and O–H groups in total. The molecule has 0 bridgehead atoms. The van der Waals surface area contributed by atoms with Crippen LogP contribution in [0.25, 0.3) is 0 Å². The number of benzene rings is 1. The Hall–Kier alpha value is -1.90. The van der Waals surface area contributed by atoms with Crippen molar-refractivity contribution < 1.29 is 8.42 Å². The van der Waals surface area contributed by atoms with Crippen molar-refractivity contribution in [3.8, 4) is 0 Å². The number of nitrogen functional groups attached to an aromatic ring is 1. The predicted molar refractivity (Wildman–Crippen MR) is 76.2 cm³/mol. The number of aryl methyl sites for hydroxylation is 1. The van der Waals surface area contributed by atoms with E-state index in [4.69, 9.17) is 5.84 Å². The number of hydrazine groups is 1. The van der Waals surface area contributed by atoms with Gasteiger partial charge in [-0.1, -0.05) is 0 Å². The molecule has 1 aromatic carbocycles. The first-order chi connectivity index (χ1) is 9.44. The summed E-state index contributed by atoms with van der Waals surface area (Å²) >= 11 is 0. The van der Waals surface area contributed by atoms with E-state index in [0.29, 0.717) is 5.69 Å². The van der Waals surface area contributed by atoms with Crippen LogP contribution in [0.3, 0.4) is 0 Å². The fourth-order valence-corrected chi connectivity index (χ4v) is 2.71. The molecule has 1 aromatic heterocycles. The summed E-state index contributed by atoms with van der Waals surface area (Å²) in [5.41, 5.74) is 4.86. The van der Waals surface area contributed by atoms with E-state index in [-0.39, 0.29) is 11.4 Å². The van der Waals surface area contributed by atoms with E-state index in [1.54, 1.807) is 23.0 Å². The maximum absolute atomic E-state index is 12.1. The van der Waals surface area contributed by atoms with E-state index >= 15 is 0 Å². The summed E-state index contributed by atoms with van der Waals surface area (Å²) in [6, 6.07) is 6.19. The molecule has 8 heteroatoms. The van der Waals surface area contributed by atoms with Crippen LogP contribution in [-0.2, 0) is 23.6 Å². The molecular weight excluding hydrogens is 278 g/mol. The zero-order valence-electron chi connectivity index (χ0n) is 11.3. The number of sulfonamides is 1. The SMILES string of the molecule is Cc1c(CNS(=O)(=O)c2ccc(NN)cc2)cnn1C. The summed E-state index contributed by atoms with van der Waals surface area (Å²) in [5.74, 6) is 5.24. The Bertz CT molecular complexity index is 691. The highest BCUT2D eigenvalue weighted by Crippen LogP contribution is 2.14. The van der Waals surface area contributed by atoms with Crippen molar-refractivity contribution in [2.24, 2.45) is 12.9 Å². The molecule has 7 nitrogen and oxygen atoms in total. The quantitative estimate of drug-likeness (QED) is 0.550. The maximum atomic E-state index is 12.1. The van der Waals surface area contributed by atoms with E-state index < -0.39 is 10.0 Å². The summed E-state index contributed by atoms with van der Waals surface area (Å²) in [4.78, 5) is 0.193. The Morgan fingerprint density at radius 1 is 1.30 bits per heavy atom. The van der Waals surface area contributed by atoms with Gasteiger partial charge in [-0.25, -0.2) is 13.1 Å². The third-order valence-corrected chi connectivity index (χ3v) is 4.54. The van der Waals surface area contributed by atoms with Gasteiger partial charge in [0.2, 0.25) is 10.0 Å². The third-order valence-electron chi connectivity index (χ3n) is 3.12. The number of hydrogen-bond acceptors (Lipinski definition) is 5. The van der Waals surface area contributed by atoms with Gasteiger partial charge >= 0.3 is 0 Å². The highest BCUT2D eigenvalue weighted by molar-refractivity contribution is 7.89. The van der Waals surface area contributed by atoms with E-state index in [1.165, 1.54) is 12.1 Å². The first-order valence-corrected chi connectivity index (χ1v) is 7.46. The van der Waals surface area contributed by atoms with Crippen LogP contribution >= 0.6 is 0 Å². The lowest BCUT2D eigenvalue weighted by Crippen LogP contribution is -2.23. The molecule has 0 unspecified atom stereocenters. The van der Waals surface area contributed by atoms with Crippen molar-refractivity contribution in [1.82, 2.24) is 14.5 Å². The Kier molecular flexibility index (Phi) is 4.07. The minimum absolute atomic E-state index is 0.193. The maximum Gasteiger partial charge on any atom is 0.240 e. The smallest absolute Gasteiger partial charge is 0.240 e. The Morgan fingerprint density at radius 3 is 2.45 bits per heavy atom. The second-order valence-electron chi connectivity index (χ2n) is 4.37. The lowest BCUT2D eigenvalue weighted by atomic mass is 10.3. The van der Waals surface area contributed by atoms with Gasteiger partial charge in [0.1, 0.15) is 0 Å². The third kappa shape index (κ3) is 2.98. The molecule has 108 valence electrons. The van der Waals surface area contributed by atoms with Crippen LogP contribution in [0, 0.1) is 6.92 Å². The monoisotopic (exact) mass is 295 g/mol. The van der Waals surface area contributed by atoms with Crippen LogP contribution in [0.15, 0.2) is 35.4 Å². The summed E-state index contributed by atoms with van der Waals surface area (Å²) < 4.78 is 28.5. The zero-order valence-corrected chi connectivity index (χ0v) is 12.1. The molecule has 0 atom stereocenters. The number of nitrogens with one attached hydrogen (secondary N) is 2. The highest BCUT2D eigenvalue weighted by Gasteiger charge is 2.14. The molecule has 0 saturated carbocycles. The number of nitrogens with zero attached hydrogens (tertiary/aromatic N) is 2. The number of aromatic nitrogens is 2. The molecule has 0 spiro atoms. The summed E-state index contributed by atoms with van der Waals surface area (Å²) in [6.07, 6.45) is 1.65. The topological polar surface area (TPSA) is 102 Å². The molecule has 2 aromatic rings. The first kappa shape index (κ1) is 14.5. The molecule has 0 radical (unpaired) electrons. The molecule has 20 heavy (non-hydrogen) atoms. The molecule has 0 aliphatic carbocycles. The fraction of sp³-hybridized carbons (Fsp3) is 0.250. The molecule has 0 fully saturated rings. The molecule has 2 rings (SSSR count). The number of hydrogen-bond donors (Lipinski definition) is 3. The predicted octanol–water partition coefficient (Wildman–Crippen LogP) is 0.493. The van der Waals surface area contributed by atoms with E-state index in [1.807, 2.05) is 14.0 Å². The van der Waals surface area contributed by atoms with Crippen molar-refractivity contribution in [3.05, 3.63) is 41.7 Å². The molecular formula is C12H17N5O2S. The summed E-state index contributed by atoms with van der Waals surface area (Å²) in [6.45, 7) is 2.09. The lowest BCUT2D eigenvalue weighted by molar-refractivity contribution is 0.581. The number of anilines is 1. The van der Waals surface area contributed by atoms with Crippen LogP contribution in [0.1, 0.15) is 11.3 Å². The molecule has 0 aliphatic heterocycles. The van der Waals surface area contributed by atoms with Gasteiger partial charge in [-0.05, 0) is 31.2 Å². The van der Waals surface area contributed by atoms with Gasteiger partial charge in [0.25, 0.3) is 0 Å². The molecule has 0 saturated heterocycles. The van der Waals surface area contributed by atoms with Gasteiger partial charge in [0.15, 0.2) is 0 Å². The van der Waals surface area contributed by atoms with Crippen LogP contribution < -0.4 is 16.0 Å². The number of nitrogens with two attached hydrogens (primary N) is 1. The average Bonchev–Trinajstić information content (AvgIpc) is 2.77. The van der Waals surface area contributed by atoms with Gasteiger partial charge in [0.05, 0.1) is 11.1 Å².